The number of aromatic nitrogens is 1. The number of carbonyl (C=O) groups excluding carboxylic acids is 1. The van der Waals surface area contributed by atoms with Crippen LogP contribution in [0.5, 0.6) is 0 Å². The fraction of sp³-hybridized carbons (Fsp3) is 0.750. The fourth-order valence-electron chi connectivity index (χ4n) is 3.29. The van der Waals surface area contributed by atoms with Gasteiger partial charge in [-0.25, -0.2) is 0 Å². The van der Waals surface area contributed by atoms with Crippen LogP contribution < -0.4 is 5.32 Å². The third kappa shape index (κ3) is 3.05. The Hall–Kier alpha value is -1.32. The molecule has 0 spiro atoms. The quantitative estimate of drug-likeness (QED) is 0.893. The van der Waals surface area contributed by atoms with Crippen molar-refractivity contribution in [1.82, 2.24) is 10.5 Å². The highest BCUT2D eigenvalue weighted by Gasteiger charge is 2.30. The Morgan fingerprint density at radius 1 is 1.35 bits per heavy atom. The van der Waals surface area contributed by atoms with Crippen LogP contribution in [0, 0.1) is 5.92 Å². The Balaban J connectivity index is 1.60. The van der Waals surface area contributed by atoms with Gasteiger partial charge in [0.1, 0.15) is 5.76 Å². The van der Waals surface area contributed by atoms with Gasteiger partial charge in [-0.2, -0.15) is 0 Å². The summed E-state index contributed by atoms with van der Waals surface area (Å²) in [4.78, 5) is 12.3. The molecule has 2 aliphatic carbocycles. The number of hydrogen-bond donors (Lipinski definition) is 1. The Morgan fingerprint density at radius 3 is 2.75 bits per heavy atom. The fourth-order valence-corrected chi connectivity index (χ4v) is 3.29. The lowest BCUT2D eigenvalue weighted by Crippen LogP contribution is -2.40. The molecular weight excluding hydrogens is 252 g/mol. The van der Waals surface area contributed by atoms with Gasteiger partial charge in [0.25, 0.3) is 5.91 Å². The van der Waals surface area contributed by atoms with Crippen molar-refractivity contribution in [3.63, 3.8) is 0 Å². The molecule has 4 heteroatoms. The molecule has 4 nitrogen and oxygen atoms in total. The minimum Gasteiger partial charge on any atom is -0.360 e. The number of amides is 1. The van der Waals surface area contributed by atoms with E-state index in [2.05, 4.69) is 17.4 Å². The molecule has 1 aromatic heterocycles. The summed E-state index contributed by atoms with van der Waals surface area (Å²) in [5.41, 5.74) is 0.446. The van der Waals surface area contributed by atoms with Crippen LogP contribution in [0.4, 0.5) is 0 Å². The van der Waals surface area contributed by atoms with Crippen LogP contribution >= 0.6 is 0 Å². The summed E-state index contributed by atoms with van der Waals surface area (Å²) < 4.78 is 5.26. The maximum absolute atomic E-state index is 12.3. The molecule has 0 aliphatic heterocycles. The van der Waals surface area contributed by atoms with Crippen molar-refractivity contribution in [2.75, 3.05) is 0 Å². The van der Waals surface area contributed by atoms with E-state index in [1.807, 2.05) is 6.07 Å². The van der Waals surface area contributed by atoms with Gasteiger partial charge in [0.15, 0.2) is 5.69 Å². The summed E-state index contributed by atoms with van der Waals surface area (Å²) in [7, 11) is 0. The number of nitrogens with zero attached hydrogens (tertiary/aromatic N) is 1. The third-order valence-electron chi connectivity index (χ3n) is 4.72. The van der Waals surface area contributed by atoms with Crippen LogP contribution in [-0.2, 0) is 0 Å². The van der Waals surface area contributed by atoms with Crippen molar-refractivity contribution < 1.29 is 9.32 Å². The molecule has 2 aliphatic rings. The first-order chi connectivity index (χ1) is 9.78. The Morgan fingerprint density at radius 2 is 2.10 bits per heavy atom. The Kier molecular flexibility index (Phi) is 4.08. The van der Waals surface area contributed by atoms with Crippen LogP contribution in [0.25, 0.3) is 0 Å². The van der Waals surface area contributed by atoms with Crippen LogP contribution in [0.2, 0.25) is 0 Å². The van der Waals surface area contributed by atoms with E-state index in [-0.39, 0.29) is 11.9 Å². The zero-order valence-electron chi connectivity index (χ0n) is 12.2. The Bertz CT molecular complexity index is 459. The van der Waals surface area contributed by atoms with E-state index in [0.29, 0.717) is 17.5 Å². The molecule has 3 rings (SSSR count). The lowest BCUT2D eigenvalue weighted by molar-refractivity contribution is 0.0902. The number of rotatable bonds is 5. The first kappa shape index (κ1) is 13.7. The molecule has 1 heterocycles. The lowest BCUT2D eigenvalue weighted by atomic mass is 9.83. The van der Waals surface area contributed by atoms with Gasteiger partial charge < -0.3 is 9.84 Å². The third-order valence-corrected chi connectivity index (χ3v) is 4.72. The molecule has 1 amide bonds. The molecule has 0 radical (unpaired) electrons. The van der Waals surface area contributed by atoms with Gasteiger partial charge in [-0.05, 0) is 38.0 Å². The van der Waals surface area contributed by atoms with E-state index >= 15 is 0 Å². The number of nitrogens with one attached hydrogen (secondary N) is 1. The predicted octanol–water partition coefficient (Wildman–Crippen LogP) is 3.64. The zero-order chi connectivity index (χ0) is 13.9. The largest absolute Gasteiger partial charge is 0.360 e. The predicted molar refractivity (Wildman–Crippen MR) is 76.6 cm³/mol. The first-order valence-electron chi connectivity index (χ1n) is 8.05. The van der Waals surface area contributed by atoms with Gasteiger partial charge >= 0.3 is 0 Å². The summed E-state index contributed by atoms with van der Waals surface area (Å²) in [5.74, 6) is 1.94. The van der Waals surface area contributed by atoms with Crippen LogP contribution in [0.1, 0.15) is 80.5 Å². The second-order valence-corrected chi connectivity index (χ2v) is 6.28. The van der Waals surface area contributed by atoms with E-state index in [1.165, 1.54) is 32.1 Å². The van der Waals surface area contributed by atoms with Gasteiger partial charge in [-0.1, -0.05) is 31.3 Å². The van der Waals surface area contributed by atoms with E-state index in [9.17, 15) is 4.79 Å². The molecular formula is C16H24N2O2. The van der Waals surface area contributed by atoms with E-state index < -0.39 is 0 Å². The van der Waals surface area contributed by atoms with Gasteiger partial charge in [0.05, 0.1) is 0 Å². The molecule has 20 heavy (non-hydrogen) atoms. The van der Waals surface area contributed by atoms with E-state index in [1.54, 1.807) is 0 Å². The summed E-state index contributed by atoms with van der Waals surface area (Å²) in [5, 5.41) is 7.09. The highest BCUT2D eigenvalue weighted by Crippen LogP contribution is 2.40. The summed E-state index contributed by atoms with van der Waals surface area (Å²) >= 11 is 0. The van der Waals surface area contributed by atoms with Crippen LogP contribution in [0.15, 0.2) is 10.6 Å². The molecule has 2 fully saturated rings. The zero-order valence-corrected chi connectivity index (χ0v) is 12.2. The average molecular weight is 276 g/mol. The molecule has 1 N–H and O–H groups in total. The van der Waals surface area contributed by atoms with Crippen molar-refractivity contribution in [3.8, 4) is 0 Å². The average Bonchev–Trinajstić information content (AvgIpc) is 3.22. The molecule has 0 aromatic carbocycles. The van der Waals surface area contributed by atoms with Crippen LogP contribution in [0.3, 0.4) is 0 Å². The number of hydrogen-bond acceptors (Lipinski definition) is 3. The monoisotopic (exact) mass is 276 g/mol. The molecule has 0 bridgehead atoms. The van der Waals surface area contributed by atoms with Gasteiger partial charge in [0, 0.05) is 18.0 Å². The second-order valence-electron chi connectivity index (χ2n) is 6.28. The summed E-state index contributed by atoms with van der Waals surface area (Å²) in [6, 6.07) is 2.10. The standard InChI is InChI=1S/C16H24N2O2/c1-2-13(11-6-4-3-5-7-11)17-16(19)14-10-15(20-18-14)12-8-9-12/h10-13H,2-9H2,1H3,(H,17,19). The maximum Gasteiger partial charge on any atom is 0.273 e. The minimum atomic E-state index is -0.0712. The molecule has 2 saturated carbocycles. The second kappa shape index (κ2) is 5.98. The molecule has 1 aromatic rings. The van der Waals surface area contributed by atoms with Gasteiger partial charge in [0.2, 0.25) is 0 Å². The van der Waals surface area contributed by atoms with Crippen molar-refractivity contribution in [2.24, 2.45) is 5.92 Å². The van der Waals surface area contributed by atoms with Crippen molar-refractivity contribution in [2.45, 2.75) is 70.3 Å². The molecule has 1 unspecified atom stereocenters. The van der Waals surface area contributed by atoms with E-state index in [4.69, 9.17) is 4.52 Å². The van der Waals surface area contributed by atoms with Crippen molar-refractivity contribution >= 4 is 5.91 Å². The number of carbonyl (C=O) groups is 1. The smallest absolute Gasteiger partial charge is 0.273 e. The van der Waals surface area contributed by atoms with Crippen LogP contribution in [-0.4, -0.2) is 17.1 Å². The maximum atomic E-state index is 12.3. The highest BCUT2D eigenvalue weighted by molar-refractivity contribution is 5.92. The van der Waals surface area contributed by atoms with Crippen molar-refractivity contribution in [3.05, 3.63) is 17.5 Å². The Labute approximate surface area is 120 Å². The first-order valence-corrected chi connectivity index (χ1v) is 8.05. The summed E-state index contributed by atoms with van der Waals surface area (Å²) in [6.45, 7) is 2.15. The van der Waals surface area contributed by atoms with E-state index in [0.717, 1.165) is 25.0 Å². The highest BCUT2D eigenvalue weighted by atomic mass is 16.5. The lowest BCUT2D eigenvalue weighted by Gasteiger charge is -2.30. The topological polar surface area (TPSA) is 55.1 Å². The van der Waals surface area contributed by atoms with Gasteiger partial charge in [-0.3, -0.25) is 4.79 Å². The summed E-state index contributed by atoms with van der Waals surface area (Å²) in [6.07, 6.45) is 9.74. The normalized spacial score (nSPS) is 21.6. The molecule has 1 atom stereocenters. The van der Waals surface area contributed by atoms with Gasteiger partial charge in [-0.15, -0.1) is 0 Å². The molecule has 110 valence electrons. The minimum absolute atomic E-state index is 0.0712. The molecule has 0 saturated heterocycles. The van der Waals surface area contributed by atoms with Crippen molar-refractivity contribution in [1.29, 1.82) is 0 Å². The SMILES string of the molecule is CCC(NC(=O)c1cc(C2CC2)on1)C1CCCCC1.